The molecule has 0 radical (unpaired) electrons. The number of rotatable bonds is 11. The summed E-state index contributed by atoms with van der Waals surface area (Å²) in [6, 6.07) is 0. The maximum atomic E-state index is 6.40. The van der Waals surface area contributed by atoms with Gasteiger partial charge in [0.1, 0.15) is 0 Å². The number of fused-ring (bicyclic) bond motifs is 1. The van der Waals surface area contributed by atoms with Crippen LogP contribution in [0, 0.1) is 11.3 Å². The third-order valence-corrected chi connectivity index (χ3v) is 6.05. The lowest BCUT2D eigenvalue weighted by molar-refractivity contribution is 0.112. The van der Waals surface area contributed by atoms with Gasteiger partial charge in [-0.2, -0.15) is 5.10 Å². The molecule has 1 aromatic rings. The summed E-state index contributed by atoms with van der Waals surface area (Å²) >= 11 is 0. The fraction of sp³-hybridized carbons (Fsp3) is 0.875. The van der Waals surface area contributed by atoms with Crippen molar-refractivity contribution >= 4 is 0 Å². The van der Waals surface area contributed by atoms with Gasteiger partial charge in [0, 0.05) is 12.1 Å². The van der Waals surface area contributed by atoms with E-state index in [2.05, 4.69) is 45.5 Å². The number of aromatic nitrogens is 2. The van der Waals surface area contributed by atoms with E-state index in [0.29, 0.717) is 11.8 Å². The highest BCUT2D eigenvalue weighted by Gasteiger charge is 2.29. The predicted molar refractivity (Wildman–Crippen MR) is 116 cm³/mol. The zero-order valence-corrected chi connectivity index (χ0v) is 18.7. The first kappa shape index (κ1) is 22.3. The fourth-order valence-electron chi connectivity index (χ4n) is 4.67. The zero-order valence-electron chi connectivity index (χ0n) is 18.7. The maximum absolute atomic E-state index is 6.40. The summed E-state index contributed by atoms with van der Waals surface area (Å²) in [7, 11) is 0. The van der Waals surface area contributed by atoms with Crippen LogP contribution in [-0.4, -0.2) is 16.4 Å². The van der Waals surface area contributed by atoms with Crippen molar-refractivity contribution in [1.82, 2.24) is 9.78 Å². The van der Waals surface area contributed by atoms with Crippen molar-refractivity contribution in [3.05, 3.63) is 11.8 Å². The molecule has 0 bridgehead atoms. The minimum Gasteiger partial charge on any atom is -0.477 e. The first-order valence-corrected chi connectivity index (χ1v) is 11.6. The smallest absolute Gasteiger partial charge is 0.215 e. The Morgan fingerprint density at radius 3 is 2.41 bits per heavy atom. The molecule has 1 aromatic heterocycles. The van der Waals surface area contributed by atoms with E-state index < -0.39 is 0 Å². The van der Waals surface area contributed by atoms with E-state index in [-0.39, 0.29) is 5.41 Å². The predicted octanol–water partition coefficient (Wildman–Crippen LogP) is 7.35. The summed E-state index contributed by atoms with van der Waals surface area (Å²) in [5, 5.41) is 4.76. The lowest BCUT2D eigenvalue weighted by Gasteiger charge is -2.31. The molecule has 0 spiro atoms. The average molecular weight is 377 g/mol. The third-order valence-electron chi connectivity index (χ3n) is 6.05. The molecule has 0 saturated heterocycles. The lowest BCUT2D eigenvalue weighted by Crippen LogP contribution is -2.29. The molecule has 0 aliphatic carbocycles. The Labute approximate surface area is 168 Å². The van der Waals surface area contributed by atoms with E-state index in [0.717, 1.165) is 19.0 Å². The maximum Gasteiger partial charge on any atom is 0.215 e. The summed E-state index contributed by atoms with van der Waals surface area (Å²) in [6.45, 7) is 13.4. The van der Waals surface area contributed by atoms with Crippen LogP contribution in [0.5, 0.6) is 5.88 Å². The number of nitrogens with zero attached hydrogens (tertiary/aromatic N) is 2. The van der Waals surface area contributed by atoms with Crippen molar-refractivity contribution in [3.63, 3.8) is 0 Å². The number of hydrogen-bond donors (Lipinski definition) is 0. The molecule has 2 unspecified atom stereocenters. The van der Waals surface area contributed by atoms with Crippen LogP contribution in [0.4, 0.5) is 0 Å². The minimum absolute atomic E-state index is 0.240. The fourth-order valence-corrected chi connectivity index (χ4v) is 4.67. The normalized spacial score (nSPS) is 20.4. The van der Waals surface area contributed by atoms with E-state index in [1.165, 1.54) is 76.2 Å². The molecule has 0 fully saturated rings. The van der Waals surface area contributed by atoms with Gasteiger partial charge in [-0.3, -0.25) is 0 Å². The van der Waals surface area contributed by atoms with Gasteiger partial charge in [0.05, 0.1) is 12.8 Å². The number of hydrogen-bond acceptors (Lipinski definition) is 2. The van der Waals surface area contributed by atoms with E-state index in [1.807, 2.05) is 0 Å². The summed E-state index contributed by atoms with van der Waals surface area (Å²) in [4.78, 5) is 0. The second-order valence-corrected chi connectivity index (χ2v) is 9.74. The topological polar surface area (TPSA) is 27.1 Å². The van der Waals surface area contributed by atoms with Gasteiger partial charge in [-0.1, -0.05) is 86.0 Å². The van der Waals surface area contributed by atoms with Crippen molar-refractivity contribution in [1.29, 1.82) is 0 Å². The van der Waals surface area contributed by atoms with Crippen LogP contribution in [-0.2, 0) is 6.54 Å². The molecule has 3 nitrogen and oxygen atoms in total. The van der Waals surface area contributed by atoms with Gasteiger partial charge in [-0.05, 0) is 36.5 Å². The van der Waals surface area contributed by atoms with E-state index >= 15 is 0 Å². The van der Waals surface area contributed by atoms with Crippen molar-refractivity contribution < 1.29 is 4.74 Å². The van der Waals surface area contributed by atoms with Crippen LogP contribution in [0.3, 0.4) is 0 Å². The van der Waals surface area contributed by atoms with E-state index in [9.17, 15) is 0 Å². The summed E-state index contributed by atoms with van der Waals surface area (Å²) < 4.78 is 8.55. The standard InChI is InChI=1S/C24H44N2O/c1-6-8-10-11-13-15-21(14-12-9-7-2)22-17-25-26-18-20(3)16-24(4,5)19-27-23(22)26/h17,20-21H,6-16,18-19H2,1-5H3. The molecular weight excluding hydrogens is 332 g/mol. The van der Waals surface area contributed by atoms with Crippen LogP contribution in [0.2, 0.25) is 0 Å². The summed E-state index contributed by atoms with van der Waals surface area (Å²) in [6.07, 6.45) is 16.6. The Kier molecular flexibility index (Phi) is 9.18. The quantitative estimate of drug-likeness (QED) is 0.377. The van der Waals surface area contributed by atoms with Crippen LogP contribution in [0.25, 0.3) is 0 Å². The highest BCUT2D eigenvalue weighted by atomic mass is 16.5. The molecule has 2 rings (SSSR count). The summed E-state index contributed by atoms with van der Waals surface area (Å²) in [5.41, 5.74) is 1.62. The first-order chi connectivity index (χ1) is 13.0. The van der Waals surface area contributed by atoms with Gasteiger partial charge < -0.3 is 4.74 Å². The molecule has 1 aliphatic rings. The Hall–Kier alpha value is -0.990. The van der Waals surface area contributed by atoms with Crippen molar-refractivity contribution in [2.75, 3.05) is 6.61 Å². The van der Waals surface area contributed by atoms with E-state index in [4.69, 9.17) is 9.84 Å². The number of unbranched alkanes of at least 4 members (excludes halogenated alkanes) is 6. The molecule has 0 N–H and O–H groups in total. The molecule has 2 heterocycles. The van der Waals surface area contributed by atoms with Crippen LogP contribution < -0.4 is 4.74 Å². The monoisotopic (exact) mass is 376 g/mol. The Morgan fingerprint density at radius 2 is 1.70 bits per heavy atom. The van der Waals surface area contributed by atoms with Crippen LogP contribution >= 0.6 is 0 Å². The zero-order chi connectivity index (χ0) is 19.7. The molecule has 1 aliphatic heterocycles. The Morgan fingerprint density at radius 1 is 1.07 bits per heavy atom. The molecule has 0 amide bonds. The van der Waals surface area contributed by atoms with Crippen molar-refractivity contribution in [3.8, 4) is 5.88 Å². The van der Waals surface area contributed by atoms with Gasteiger partial charge in [0.2, 0.25) is 5.88 Å². The summed E-state index contributed by atoms with van der Waals surface area (Å²) in [5.74, 6) is 2.33. The Balaban J connectivity index is 2.10. The Bertz CT molecular complexity index is 534. The molecule has 3 heteroatoms. The molecular formula is C24H44N2O. The van der Waals surface area contributed by atoms with Crippen LogP contribution in [0.15, 0.2) is 6.20 Å². The number of ether oxygens (including phenoxy) is 1. The molecule has 0 saturated carbocycles. The van der Waals surface area contributed by atoms with Gasteiger partial charge in [0.25, 0.3) is 0 Å². The molecule has 156 valence electrons. The minimum atomic E-state index is 0.240. The largest absolute Gasteiger partial charge is 0.477 e. The van der Waals surface area contributed by atoms with Gasteiger partial charge in [-0.25, -0.2) is 4.68 Å². The van der Waals surface area contributed by atoms with Crippen molar-refractivity contribution in [2.24, 2.45) is 11.3 Å². The molecule has 27 heavy (non-hydrogen) atoms. The molecule has 0 aromatic carbocycles. The second-order valence-electron chi connectivity index (χ2n) is 9.74. The third kappa shape index (κ3) is 7.16. The SMILES string of the molecule is CCCCCCCC(CCCCC)c1cnn2c1OCC(C)(C)CC(C)C2. The van der Waals surface area contributed by atoms with Gasteiger partial charge in [0.15, 0.2) is 0 Å². The average Bonchev–Trinajstić information content (AvgIpc) is 2.98. The lowest BCUT2D eigenvalue weighted by atomic mass is 9.83. The highest BCUT2D eigenvalue weighted by molar-refractivity contribution is 5.29. The molecule has 2 atom stereocenters. The van der Waals surface area contributed by atoms with Gasteiger partial charge in [-0.15, -0.1) is 0 Å². The second kappa shape index (κ2) is 11.1. The van der Waals surface area contributed by atoms with Crippen molar-refractivity contribution in [2.45, 2.75) is 118 Å². The van der Waals surface area contributed by atoms with Crippen LogP contribution in [0.1, 0.15) is 117 Å². The highest BCUT2D eigenvalue weighted by Crippen LogP contribution is 2.38. The van der Waals surface area contributed by atoms with Gasteiger partial charge >= 0.3 is 0 Å². The van der Waals surface area contributed by atoms with E-state index in [1.54, 1.807) is 0 Å². The first-order valence-electron chi connectivity index (χ1n) is 11.6.